The standard InChI is InChI=1S/C28H42N4O4S2.2ClH/c1-29-17-14-25(15-18-29)30-19-21-31(22-20-30)37(33,34)23-5-4-10-26-11-7-16-32(26)38(35,36)28-13-6-9-24-8-2-3-12-27(24)28;;/h2-3,6,8-9,12-13,25-26H,4-5,7,10-11,14-23H2,1H3;2*1H. The molecule has 0 N–H and O–H groups in total. The van der Waals surface area contributed by atoms with Crippen LogP contribution < -0.4 is 0 Å². The molecule has 3 heterocycles. The van der Waals surface area contributed by atoms with Crippen molar-refractivity contribution in [3.63, 3.8) is 0 Å². The molecule has 40 heavy (non-hydrogen) atoms. The first-order chi connectivity index (χ1) is 18.3. The van der Waals surface area contributed by atoms with Gasteiger partial charge in [0.1, 0.15) is 0 Å². The van der Waals surface area contributed by atoms with Crippen LogP contribution in [0, 0.1) is 0 Å². The lowest BCUT2D eigenvalue weighted by Crippen LogP contribution is -2.54. The first-order valence-electron chi connectivity index (χ1n) is 14.2. The smallest absolute Gasteiger partial charge is 0.243 e. The third kappa shape index (κ3) is 7.50. The molecule has 226 valence electrons. The van der Waals surface area contributed by atoms with Gasteiger partial charge in [-0.2, -0.15) is 8.61 Å². The van der Waals surface area contributed by atoms with Gasteiger partial charge in [-0.15, -0.1) is 24.8 Å². The molecule has 0 aromatic heterocycles. The molecule has 5 rings (SSSR count). The minimum atomic E-state index is -3.62. The Morgan fingerprint density at radius 3 is 2.17 bits per heavy atom. The van der Waals surface area contributed by atoms with E-state index in [1.807, 2.05) is 30.3 Å². The van der Waals surface area contributed by atoms with Gasteiger partial charge in [0.05, 0.1) is 10.6 Å². The number of fused-ring (bicyclic) bond motifs is 1. The zero-order valence-corrected chi connectivity index (χ0v) is 26.6. The summed E-state index contributed by atoms with van der Waals surface area (Å²) in [7, 11) is -4.74. The summed E-state index contributed by atoms with van der Waals surface area (Å²) in [6.45, 7) is 5.54. The van der Waals surface area contributed by atoms with E-state index in [-0.39, 0.29) is 36.6 Å². The maximum Gasteiger partial charge on any atom is 0.243 e. The SMILES string of the molecule is CN1CCC(N2CCN(S(=O)(=O)CCCCC3CCCN3S(=O)(=O)c3cccc4ccccc34)CC2)CC1.Cl.Cl. The van der Waals surface area contributed by atoms with Gasteiger partial charge in [-0.25, -0.2) is 16.8 Å². The number of likely N-dealkylation sites (tertiary alicyclic amines) is 1. The van der Waals surface area contributed by atoms with Crippen molar-refractivity contribution in [2.24, 2.45) is 0 Å². The van der Waals surface area contributed by atoms with E-state index in [1.165, 1.54) is 0 Å². The fourth-order valence-electron chi connectivity index (χ4n) is 6.46. The molecule has 0 spiro atoms. The van der Waals surface area contributed by atoms with Crippen LogP contribution in [0.5, 0.6) is 0 Å². The summed E-state index contributed by atoms with van der Waals surface area (Å²) in [5.41, 5.74) is 0. The Labute approximate surface area is 253 Å². The molecular weight excluding hydrogens is 591 g/mol. The molecule has 3 aliphatic rings. The van der Waals surface area contributed by atoms with Crippen molar-refractivity contribution in [1.29, 1.82) is 0 Å². The zero-order chi connectivity index (χ0) is 26.8. The number of hydrogen-bond donors (Lipinski definition) is 0. The minimum Gasteiger partial charge on any atom is -0.306 e. The Balaban J connectivity index is 0.00000220. The molecule has 3 saturated heterocycles. The third-order valence-corrected chi connectivity index (χ3v) is 12.7. The number of piperazine rings is 1. The lowest BCUT2D eigenvalue weighted by Gasteiger charge is -2.41. The Bertz CT molecular complexity index is 1310. The van der Waals surface area contributed by atoms with Crippen molar-refractivity contribution in [3.8, 4) is 0 Å². The highest BCUT2D eigenvalue weighted by atomic mass is 35.5. The van der Waals surface area contributed by atoms with Crippen LogP contribution in [0.2, 0.25) is 0 Å². The Hall–Kier alpha value is -0.980. The van der Waals surface area contributed by atoms with Crippen molar-refractivity contribution in [2.45, 2.75) is 61.9 Å². The van der Waals surface area contributed by atoms with Gasteiger partial charge in [0.25, 0.3) is 0 Å². The molecular formula is C28H44Cl2N4O4S2. The van der Waals surface area contributed by atoms with E-state index in [1.54, 1.807) is 20.7 Å². The van der Waals surface area contributed by atoms with Crippen LogP contribution in [0.1, 0.15) is 44.9 Å². The maximum absolute atomic E-state index is 13.6. The van der Waals surface area contributed by atoms with Gasteiger partial charge < -0.3 is 4.90 Å². The highest BCUT2D eigenvalue weighted by Crippen LogP contribution is 2.32. The van der Waals surface area contributed by atoms with Gasteiger partial charge in [-0.05, 0) is 70.1 Å². The number of sulfonamides is 2. The van der Waals surface area contributed by atoms with E-state index in [9.17, 15) is 16.8 Å². The van der Waals surface area contributed by atoms with Crippen molar-refractivity contribution in [2.75, 3.05) is 58.6 Å². The number of unbranched alkanes of at least 4 members (excludes halogenated alkanes) is 1. The Morgan fingerprint density at radius 2 is 1.45 bits per heavy atom. The van der Waals surface area contributed by atoms with Crippen molar-refractivity contribution < 1.29 is 16.8 Å². The molecule has 1 unspecified atom stereocenters. The maximum atomic E-state index is 13.6. The number of rotatable bonds is 9. The molecule has 3 fully saturated rings. The number of benzene rings is 2. The van der Waals surface area contributed by atoms with Gasteiger partial charge in [-0.3, -0.25) is 4.90 Å². The fourth-order valence-corrected chi connectivity index (χ4v) is 9.95. The topological polar surface area (TPSA) is 81.2 Å². The summed E-state index contributed by atoms with van der Waals surface area (Å²) in [5, 5.41) is 1.67. The van der Waals surface area contributed by atoms with E-state index in [0.717, 1.165) is 62.6 Å². The molecule has 2 aromatic rings. The van der Waals surface area contributed by atoms with E-state index < -0.39 is 20.0 Å². The van der Waals surface area contributed by atoms with E-state index in [2.05, 4.69) is 16.8 Å². The predicted molar refractivity (Wildman–Crippen MR) is 167 cm³/mol. The second kappa shape index (κ2) is 14.5. The molecule has 8 nitrogen and oxygen atoms in total. The van der Waals surface area contributed by atoms with Crippen LogP contribution in [0.4, 0.5) is 0 Å². The highest BCUT2D eigenvalue weighted by molar-refractivity contribution is 7.89. The molecule has 0 saturated carbocycles. The third-order valence-electron chi connectivity index (χ3n) is 8.72. The fraction of sp³-hybridized carbons (Fsp3) is 0.643. The number of halogens is 2. The van der Waals surface area contributed by atoms with Gasteiger partial charge in [0, 0.05) is 50.2 Å². The van der Waals surface area contributed by atoms with E-state index >= 15 is 0 Å². The lowest BCUT2D eigenvalue weighted by atomic mass is 10.0. The van der Waals surface area contributed by atoms with Gasteiger partial charge in [0.2, 0.25) is 20.0 Å². The summed E-state index contributed by atoms with van der Waals surface area (Å²) >= 11 is 0. The number of hydrogen-bond acceptors (Lipinski definition) is 6. The number of nitrogens with zero attached hydrogens (tertiary/aromatic N) is 4. The zero-order valence-electron chi connectivity index (χ0n) is 23.4. The molecule has 0 bridgehead atoms. The monoisotopic (exact) mass is 634 g/mol. The average molecular weight is 636 g/mol. The quantitative estimate of drug-likeness (QED) is 0.387. The molecule has 3 aliphatic heterocycles. The van der Waals surface area contributed by atoms with Gasteiger partial charge >= 0.3 is 0 Å². The molecule has 12 heteroatoms. The average Bonchev–Trinajstić information content (AvgIpc) is 3.41. The summed E-state index contributed by atoms with van der Waals surface area (Å²) in [5.74, 6) is 0.143. The molecule has 1 atom stereocenters. The first-order valence-corrected chi connectivity index (χ1v) is 17.2. The summed E-state index contributed by atoms with van der Waals surface area (Å²) in [4.78, 5) is 5.20. The Kier molecular flexibility index (Phi) is 12.1. The van der Waals surface area contributed by atoms with Gasteiger partial charge in [-0.1, -0.05) is 42.8 Å². The number of piperidine rings is 1. The van der Waals surface area contributed by atoms with Crippen LogP contribution in [-0.2, 0) is 20.0 Å². The van der Waals surface area contributed by atoms with Crippen LogP contribution >= 0.6 is 24.8 Å². The second-order valence-electron chi connectivity index (χ2n) is 11.2. The first kappa shape index (κ1) is 33.5. The van der Waals surface area contributed by atoms with Crippen LogP contribution in [0.25, 0.3) is 10.8 Å². The molecule has 0 aliphatic carbocycles. The van der Waals surface area contributed by atoms with Crippen LogP contribution in [0.3, 0.4) is 0 Å². The molecule has 2 aromatic carbocycles. The van der Waals surface area contributed by atoms with E-state index in [0.29, 0.717) is 49.8 Å². The van der Waals surface area contributed by atoms with Crippen LogP contribution in [-0.4, -0.2) is 106 Å². The van der Waals surface area contributed by atoms with Crippen LogP contribution in [0.15, 0.2) is 47.4 Å². The Morgan fingerprint density at radius 1 is 0.775 bits per heavy atom. The molecule has 0 amide bonds. The van der Waals surface area contributed by atoms with Crippen molar-refractivity contribution in [1.82, 2.24) is 18.4 Å². The summed E-state index contributed by atoms with van der Waals surface area (Å²) < 4.78 is 56.7. The lowest BCUT2D eigenvalue weighted by molar-refractivity contribution is 0.0892. The minimum absolute atomic E-state index is 0. The van der Waals surface area contributed by atoms with Gasteiger partial charge in [0.15, 0.2) is 0 Å². The normalized spacial score (nSPS) is 22.7. The highest BCUT2D eigenvalue weighted by Gasteiger charge is 2.36. The van der Waals surface area contributed by atoms with E-state index in [4.69, 9.17) is 0 Å². The largest absolute Gasteiger partial charge is 0.306 e. The second-order valence-corrected chi connectivity index (χ2v) is 15.1. The van der Waals surface area contributed by atoms with Crippen molar-refractivity contribution in [3.05, 3.63) is 42.5 Å². The van der Waals surface area contributed by atoms with Crippen molar-refractivity contribution >= 4 is 55.6 Å². The summed E-state index contributed by atoms with van der Waals surface area (Å²) in [6, 6.07) is 13.5. The molecule has 0 radical (unpaired) electrons. The predicted octanol–water partition coefficient (Wildman–Crippen LogP) is 4.05. The summed E-state index contributed by atoms with van der Waals surface area (Å²) in [6.07, 6.45) is 5.97.